The minimum Gasteiger partial charge on any atom is -0.350 e. The van der Waals surface area contributed by atoms with Crippen molar-refractivity contribution in [1.82, 2.24) is 19.7 Å². The van der Waals surface area contributed by atoms with Gasteiger partial charge in [-0.2, -0.15) is 0 Å². The van der Waals surface area contributed by atoms with Crippen LogP contribution in [0.1, 0.15) is 47.7 Å². The van der Waals surface area contributed by atoms with Gasteiger partial charge in [0.15, 0.2) is 11.6 Å². The lowest BCUT2D eigenvalue weighted by molar-refractivity contribution is -0.139. The summed E-state index contributed by atoms with van der Waals surface area (Å²) in [5.41, 5.74) is 0.520. The third kappa shape index (κ3) is 9.57. The molecule has 2 aliphatic rings. The fraction of sp³-hybridized carbons (Fsp3) is 0.375. The molecule has 4 aromatic rings. The largest absolute Gasteiger partial charge is 0.350 e. The molecule has 12 nitrogen and oxygen atoms in total. The summed E-state index contributed by atoms with van der Waals surface area (Å²) in [6, 6.07) is 10.2. The van der Waals surface area contributed by atoms with Gasteiger partial charge < -0.3 is 19.7 Å². The summed E-state index contributed by atoms with van der Waals surface area (Å²) in [7, 11) is -4.25. The third-order valence-electron chi connectivity index (χ3n) is 10.5. The number of amides is 3. The van der Waals surface area contributed by atoms with Crippen LogP contribution in [0.15, 0.2) is 60.8 Å². The van der Waals surface area contributed by atoms with Gasteiger partial charge in [-0.15, -0.1) is 0 Å². The molecule has 2 saturated heterocycles. The number of Topliss-reactive ketones (excluding diaryl/α,β-unsaturated/α-hetero) is 2. The van der Waals surface area contributed by atoms with E-state index in [2.05, 4.69) is 5.32 Å². The molecule has 3 heterocycles. The summed E-state index contributed by atoms with van der Waals surface area (Å²) < 4.78 is 86.9. The zero-order valence-electron chi connectivity index (χ0n) is 31.8. The number of nitrogens with zero attached hydrogens (tertiary/aromatic N) is 4. The lowest BCUT2D eigenvalue weighted by atomic mass is 10.0. The second-order valence-electron chi connectivity index (χ2n) is 14.6. The van der Waals surface area contributed by atoms with E-state index in [1.807, 2.05) is 0 Å². The number of ketones is 2. The van der Waals surface area contributed by atoms with Crippen LogP contribution in [0.5, 0.6) is 0 Å². The van der Waals surface area contributed by atoms with Crippen LogP contribution < -0.4 is 9.62 Å². The third-order valence-corrected chi connectivity index (χ3v) is 12.2. The number of hydrogen-bond acceptors (Lipinski definition) is 7. The summed E-state index contributed by atoms with van der Waals surface area (Å²) in [6.07, 6.45) is -1.89. The van der Waals surface area contributed by atoms with Crippen molar-refractivity contribution in [2.45, 2.75) is 70.1 Å². The Labute approximate surface area is 347 Å². The number of carbonyl (C=O) groups excluding carboxylic acids is 5. The van der Waals surface area contributed by atoms with Crippen LogP contribution in [-0.2, 0) is 48.7 Å². The van der Waals surface area contributed by atoms with Gasteiger partial charge >= 0.3 is 0 Å². The molecule has 0 saturated carbocycles. The Morgan fingerprint density at radius 1 is 0.847 bits per heavy atom. The average Bonchev–Trinajstić information content (AvgIpc) is 3.88. The van der Waals surface area contributed by atoms with Gasteiger partial charge in [0.05, 0.1) is 46.6 Å². The number of alkyl halides is 2. The number of rotatable bonds is 14. The van der Waals surface area contributed by atoms with Gasteiger partial charge in [-0.25, -0.2) is 26.0 Å². The van der Waals surface area contributed by atoms with Crippen LogP contribution in [0, 0.1) is 11.6 Å². The number of halogens is 6. The predicted molar refractivity (Wildman–Crippen MR) is 212 cm³/mol. The molecule has 2 fully saturated rings. The predicted octanol–water partition coefficient (Wildman–Crippen LogP) is 5.59. The summed E-state index contributed by atoms with van der Waals surface area (Å²) in [6.45, 7) is -1.25. The molecule has 0 aliphatic carbocycles. The van der Waals surface area contributed by atoms with Crippen molar-refractivity contribution in [1.29, 1.82) is 0 Å². The minimum atomic E-state index is -4.25. The molecule has 3 aromatic carbocycles. The van der Waals surface area contributed by atoms with E-state index in [1.165, 1.54) is 72.3 Å². The van der Waals surface area contributed by atoms with Crippen LogP contribution in [0.25, 0.3) is 10.9 Å². The van der Waals surface area contributed by atoms with E-state index in [0.29, 0.717) is 5.39 Å². The Balaban J connectivity index is 1.22. The first-order chi connectivity index (χ1) is 27.8. The first-order valence-electron chi connectivity index (χ1n) is 18.5. The van der Waals surface area contributed by atoms with Crippen molar-refractivity contribution in [2.75, 3.05) is 30.2 Å². The monoisotopic (exact) mass is 879 g/mol. The molecule has 19 heteroatoms. The zero-order chi connectivity index (χ0) is 42.9. The first-order valence-corrected chi connectivity index (χ1v) is 21.1. The molecule has 59 heavy (non-hydrogen) atoms. The number of anilines is 1. The van der Waals surface area contributed by atoms with Crippen molar-refractivity contribution < 1.29 is 50.0 Å². The number of carbonyl (C=O) groups is 5. The topological polar surface area (TPSA) is 146 Å². The first kappa shape index (κ1) is 43.6. The number of nitrogens with one attached hydrogen (secondary N) is 1. The van der Waals surface area contributed by atoms with E-state index < -0.39 is 102 Å². The summed E-state index contributed by atoms with van der Waals surface area (Å²) in [4.78, 5) is 68.7. The van der Waals surface area contributed by atoms with Gasteiger partial charge in [0.2, 0.25) is 27.7 Å². The molecule has 3 amide bonds. The lowest BCUT2D eigenvalue weighted by Gasteiger charge is -2.28. The molecule has 2 aliphatic heterocycles. The second kappa shape index (κ2) is 17.7. The number of hydrogen-bond donors (Lipinski definition) is 1. The Kier molecular flexibility index (Phi) is 13.1. The fourth-order valence-electron chi connectivity index (χ4n) is 7.52. The quantitative estimate of drug-likeness (QED) is 0.128. The standard InChI is InChI=1S/C40H39Cl2F4N5O7S/c1-22(52)29-19-48(20-36(54)50-18-26(44)14-34(50)40(56)47-16-24-6-4-8-31(42)39(24)46)32-15-27(10-11-28(29)32)51(59(2,57)58)21-37(55)49-17-25(43)13-33(49)35(53)12-9-23-5-3-7-30(41)38(23)45/h3-8,10-11,15,19,25-26,33-34H,9,12-14,16-18,20-21H2,1-2H3,(H,47,56)/t25-,26-,33+,34+/m1/s1. The van der Waals surface area contributed by atoms with E-state index in [9.17, 15) is 50.0 Å². The Bertz CT molecular complexity index is 2450. The highest BCUT2D eigenvalue weighted by atomic mass is 35.5. The molecule has 1 aromatic heterocycles. The lowest BCUT2D eigenvalue weighted by Crippen LogP contribution is -2.47. The number of aryl methyl sites for hydroxylation is 1. The summed E-state index contributed by atoms with van der Waals surface area (Å²) in [5, 5.41) is 2.56. The molecular formula is C40H39Cl2F4N5O7S. The SMILES string of the molecule is CC(=O)c1cn(CC(=O)N2C[C@H](F)C[C@H]2C(=O)NCc2cccc(Cl)c2F)c2cc(N(CC(=O)N3C[C@H](F)C[C@H]3C(=O)CCc3cccc(Cl)c3F)S(C)(=O)=O)ccc12. The highest BCUT2D eigenvalue weighted by Crippen LogP contribution is 2.31. The van der Waals surface area contributed by atoms with Gasteiger partial charge in [-0.1, -0.05) is 53.5 Å². The van der Waals surface area contributed by atoms with E-state index in [-0.39, 0.29) is 70.2 Å². The summed E-state index contributed by atoms with van der Waals surface area (Å²) in [5.74, 6) is -4.70. The molecule has 1 N–H and O–H groups in total. The van der Waals surface area contributed by atoms with Crippen LogP contribution in [-0.4, -0.2) is 102 Å². The number of sulfonamides is 1. The zero-order valence-corrected chi connectivity index (χ0v) is 34.1. The number of benzene rings is 3. The molecule has 4 atom stereocenters. The molecule has 314 valence electrons. The van der Waals surface area contributed by atoms with E-state index in [0.717, 1.165) is 20.4 Å². The Morgan fingerprint density at radius 2 is 1.44 bits per heavy atom. The highest BCUT2D eigenvalue weighted by molar-refractivity contribution is 7.92. The number of fused-ring (bicyclic) bond motifs is 1. The van der Waals surface area contributed by atoms with Gasteiger partial charge in [0, 0.05) is 48.5 Å². The van der Waals surface area contributed by atoms with Gasteiger partial charge in [0.25, 0.3) is 0 Å². The average molecular weight is 881 g/mol. The Morgan fingerprint density at radius 3 is 2.07 bits per heavy atom. The van der Waals surface area contributed by atoms with Gasteiger partial charge in [0.1, 0.15) is 43.1 Å². The maximum absolute atomic E-state index is 14.8. The molecule has 0 unspecified atom stereocenters. The van der Waals surface area contributed by atoms with Crippen molar-refractivity contribution in [3.05, 3.63) is 99.2 Å². The Hall–Kier alpha value is -5.00. The smallest absolute Gasteiger partial charge is 0.244 e. The fourth-order valence-corrected chi connectivity index (χ4v) is 8.75. The van der Waals surface area contributed by atoms with Crippen molar-refractivity contribution in [2.24, 2.45) is 0 Å². The molecule has 0 bridgehead atoms. The summed E-state index contributed by atoms with van der Waals surface area (Å²) >= 11 is 11.7. The van der Waals surface area contributed by atoms with Crippen molar-refractivity contribution >= 4 is 79.1 Å². The van der Waals surface area contributed by atoms with E-state index >= 15 is 0 Å². The van der Waals surface area contributed by atoms with Crippen molar-refractivity contribution in [3.63, 3.8) is 0 Å². The van der Waals surface area contributed by atoms with Crippen LogP contribution in [0.4, 0.5) is 23.2 Å². The van der Waals surface area contributed by atoms with Gasteiger partial charge in [-0.3, -0.25) is 28.3 Å². The van der Waals surface area contributed by atoms with Crippen LogP contribution >= 0.6 is 23.2 Å². The number of likely N-dealkylation sites (tertiary alicyclic amines) is 2. The van der Waals surface area contributed by atoms with E-state index in [1.54, 1.807) is 0 Å². The van der Waals surface area contributed by atoms with Gasteiger partial charge in [-0.05, 0) is 43.2 Å². The van der Waals surface area contributed by atoms with Crippen LogP contribution in [0.2, 0.25) is 10.0 Å². The minimum absolute atomic E-state index is 0.0637. The maximum Gasteiger partial charge on any atom is 0.244 e. The number of aromatic nitrogens is 1. The molecule has 6 rings (SSSR count). The van der Waals surface area contributed by atoms with Crippen LogP contribution in [0.3, 0.4) is 0 Å². The van der Waals surface area contributed by atoms with E-state index in [4.69, 9.17) is 23.2 Å². The maximum atomic E-state index is 14.8. The normalized spacial score (nSPS) is 19.3. The molecule has 0 spiro atoms. The highest BCUT2D eigenvalue weighted by Gasteiger charge is 2.41. The molecule has 0 radical (unpaired) electrons. The van der Waals surface area contributed by atoms with Crippen molar-refractivity contribution in [3.8, 4) is 0 Å². The molecular weight excluding hydrogens is 841 g/mol. The second-order valence-corrected chi connectivity index (χ2v) is 17.3.